The molecule has 166 valence electrons. The Morgan fingerprint density at radius 1 is 1.26 bits per heavy atom. The maximum Gasteiger partial charge on any atom is 0.232 e. The third-order valence-electron chi connectivity index (χ3n) is 7.01. The fourth-order valence-electron chi connectivity index (χ4n) is 5.57. The summed E-state index contributed by atoms with van der Waals surface area (Å²) in [7, 11) is 1.86. The van der Waals surface area contributed by atoms with E-state index in [4.69, 9.17) is 0 Å². The summed E-state index contributed by atoms with van der Waals surface area (Å²) < 4.78 is 2.06. The van der Waals surface area contributed by atoms with Crippen LogP contribution in [-0.4, -0.2) is 57.1 Å². The zero-order valence-electron chi connectivity index (χ0n) is 18.9. The number of imidazole rings is 1. The molecule has 0 spiro atoms. The first-order valence-corrected chi connectivity index (χ1v) is 12.0. The number of aromatic nitrogens is 2. The first kappa shape index (κ1) is 21.9. The molecule has 0 bridgehead atoms. The van der Waals surface area contributed by atoms with E-state index in [9.17, 15) is 9.59 Å². The zero-order valence-corrected chi connectivity index (χ0v) is 19.7. The second-order valence-corrected chi connectivity index (χ2v) is 10.6. The summed E-state index contributed by atoms with van der Waals surface area (Å²) >= 11 is 1.56. The summed E-state index contributed by atoms with van der Waals surface area (Å²) in [6.45, 7) is 9.04. The van der Waals surface area contributed by atoms with Crippen LogP contribution in [0.2, 0.25) is 0 Å². The Balaban J connectivity index is 1.45. The van der Waals surface area contributed by atoms with Crippen LogP contribution in [0.4, 0.5) is 0 Å². The van der Waals surface area contributed by atoms with Crippen molar-refractivity contribution in [3.8, 4) is 0 Å². The van der Waals surface area contributed by atoms with Gasteiger partial charge in [-0.05, 0) is 36.8 Å². The van der Waals surface area contributed by atoms with Gasteiger partial charge in [-0.3, -0.25) is 9.59 Å². The van der Waals surface area contributed by atoms with Gasteiger partial charge >= 0.3 is 0 Å². The maximum atomic E-state index is 13.6. The molecule has 2 atom stereocenters. The number of fused-ring (bicyclic) bond motifs is 1. The Hall–Kier alpha value is -2.28. The lowest BCUT2D eigenvalue weighted by molar-refractivity contribution is -0.163. The number of rotatable bonds is 7. The van der Waals surface area contributed by atoms with Crippen molar-refractivity contribution in [2.75, 3.05) is 25.9 Å². The number of nitrogens with zero attached hydrogens (tertiary/aromatic N) is 4. The van der Waals surface area contributed by atoms with Gasteiger partial charge in [0.2, 0.25) is 11.8 Å². The first-order chi connectivity index (χ1) is 14.8. The van der Waals surface area contributed by atoms with Gasteiger partial charge < -0.3 is 14.4 Å². The van der Waals surface area contributed by atoms with Crippen molar-refractivity contribution in [1.82, 2.24) is 19.4 Å². The Morgan fingerprint density at radius 2 is 2.00 bits per heavy atom. The fraction of sp³-hybridized carbons (Fsp3) is 0.542. The van der Waals surface area contributed by atoms with Crippen LogP contribution < -0.4 is 0 Å². The van der Waals surface area contributed by atoms with Gasteiger partial charge in [0, 0.05) is 44.0 Å². The molecule has 1 aromatic carbocycles. The molecule has 1 saturated carbocycles. The van der Waals surface area contributed by atoms with Crippen LogP contribution in [0.3, 0.4) is 0 Å². The van der Waals surface area contributed by atoms with E-state index in [1.165, 1.54) is 0 Å². The van der Waals surface area contributed by atoms with Gasteiger partial charge in [0.1, 0.15) is 5.82 Å². The van der Waals surface area contributed by atoms with Crippen molar-refractivity contribution in [2.24, 2.45) is 16.7 Å². The van der Waals surface area contributed by atoms with Crippen LogP contribution in [0.1, 0.15) is 33.0 Å². The molecule has 4 rings (SSSR count). The van der Waals surface area contributed by atoms with E-state index in [1.807, 2.05) is 53.4 Å². The second-order valence-electron chi connectivity index (χ2n) is 9.54. The van der Waals surface area contributed by atoms with E-state index >= 15 is 0 Å². The standard InChI is InChI=1S/C24H32N4O2S/c1-5-27-12-11-25-20(27)14-26(4)22(30)24-16-23(2,3)19(24)13-28(17-24)21(29)15-31-18-9-7-6-8-10-18/h6-12,19H,5,13-17H2,1-4H3/t19-,24+/m1/s1. The minimum atomic E-state index is -0.463. The van der Waals surface area contributed by atoms with Crippen molar-refractivity contribution < 1.29 is 9.59 Å². The monoisotopic (exact) mass is 440 g/mol. The third kappa shape index (κ3) is 4.00. The van der Waals surface area contributed by atoms with E-state index in [0.717, 1.165) is 23.7 Å². The van der Waals surface area contributed by atoms with Crippen LogP contribution in [0.25, 0.3) is 0 Å². The molecule has 0 unspecified atom stereocenters. The molecular weight excluding hydrogens is 408 g/mol. The Labute approximate surface area is 189 Å². The van der Waals surface area contributed by atoms with Gasteiger partial charge in [-0.2, -0.15) is 0 Å². The molecule has 31 heavy (non-hydrogen) atoms. The highest BCUT2D eigenvalue weighted by atomic mass is 32.2. The van der Waals surface area contributed by atoms with Crippen LogP contribution in [-0.2, 0) is 22.7 Å². The van der Waals surface area contributed by atoms with Crippen molar-refractivity contribution in [2.45, 2.75) is 45.2 Å². The second kappa shape index (κ2) is 8.34. The minimum Gasteiger partial charge on any atom is -0.341 e. The Morgan fingerprint density at radius 3 is 2.68 bits per heavy atom. The number of aryl methyl sites for hydroxylation is 1. The van der Waals surface area contributed by atoms with Gasteiger partial charge in [0.15, 0.2) is 0 Å². The van der Waals surface area contributed by atoms with E-state index in [2.05, 4.69) is 30.3 Å². The summed E-state index contributed by atoms with van der Waals surface area (Å²) in [5.74, 6) is 1.77. The molecule has 1 aromatic heterocycles. The Kier molecular flexibility index (Phi) is 5.90. The SMILES string of the molecule is CCn1ccnc1CN(C)C(=O)[C@@]12CN(C(=O)CSc3ccccc3)C[C@@H]1C(C)(C)C2. The molecule has 2 aromatic rings. The molecule has 1 aliphatic carbocycles. The number of likely N-dealkylation sites (tertiary alicyclic amines) is 1. The van der Waals surface area contributed by atoms with Crippen LogP contribution in [0.5, 0.6) is 0 Å². The summed E-state index contributed by atoms with van der Waals surface area (Å²) in [6, 6.07) is 9.99. The molecule has 1 saturated heterocycles. The number of thioether (sulfide) groups is 1. The van der Waals surface area contributed by atoms with Crippen LogP contribution in [0, 0.1) is 16.7 Å². The van der Waals surface area contributed by atoms with Crippen LogP contribution >= 0.6 is 11.8 Å². The molecule has 2 heterocycles. The van der Waals surface area contributed by atoms with Crippen LogP contribution in [0.15, 0.2) is 47.6 Å². The largest absolute Gasteiger partial charge is 0.341 e. The van der Waals surface area contributed by atoms with Gasteiger partial charge in [0.25, 0.3) is 0 Å². The molecule has 2 amide bonds. The van der Waals surface area contributed by atoms with E-state index in [1.54, 1.807) is 18.0 Å². The van der Waals surface area contributed by atoms with Gasteiger partial charge in [-0.25, -0.2) is 4.98 Å². The minimum absolute atomic E-state index is 0.0694. The predicted molar refractivity (Wildman–Crippen MR) is 122 cm³/mol. The lowest BCUT2D eigenvalue weighted by Crippen LogP contribution is -2.60. The summed E-state index contributed by atoms with van der Waals surface area (Å²) in [6.07, 6.45) is 4.55. The number of benzene rings is 1. The normalized spacial score (nSPS) is 23.9. The predicted octanol–water partition coefficient (Wildman–Crippen LogP) is 3.53. The van der Waals surface area contributed by atoms with Crippen molar-refractivity contribution in [3.05, 3.63) is 48.5 Å². The molecular formula is C24H32N4O2S. The summed E-state index contributed by atoms with van der Waals surface area (Å²) in [5, 5.41) is 0. The highest BCUT2D eigenvalue weighted by Gasteiger charge is 2.67. The van der Waals surface area contributed by atoms with Gasteiger partial charge in [-0.15, -0.1) is 11.8 Å². The van der Waals surface area contributed by atoms with Crippen molar-refractivity contribution in [3.63, 3.8) is 0 Å². The average Bonchev–Trinajstić information content (AvgIpc) is 3.34. The zero-order chi connectivity index (χ0) is 22.2. The summed E-state index contributed by atoms with van der Waals surface area (Å²) in [5.41, 5.74) is -0.394. The molecule has 0 N–H and O–H groups in total. The molecule has 1 aliphatic heterocycles. The number of hydrogen-bond donors (Lipinski definition) is 0. The van der Waals surface area contributed by atoms with Crippen molar-refractivity contribution in [1.29, 1.82) is 0 Å². The number of carbonyl (C=O) groups excluding carboxylic acids is 2. The maximum absolute atomic E-state index is 13.6. The smallest absolute Gasteiger partial charge is 0.232 e. The topological polar surface area (TPSA) is 58.4 Å². The first-order valence-electron chi connectivity index (χ1n) is 11.0. The van der Waals surface area contributed by atoms with E-state index < -0.39 is 5.41 Å². The number of hydrogen-bond acceptors (Lipinski definition) is 4. The fourth-order valence-corrected chi connectivity index (χ4v) is 6.39. The molecule has 2 aliphatic rings. The van der Waals surface area contributed by atoms with Crippen molar-refractivity contribution >= 4 is 23.6 Å². The lowest BCUT2D eigenvalue weighted by atomic mass is 9.47. The molecule has 0 radical (unpaired) electrons. The Bertz CT molecular complexity index is 957. The highest BCUT2D eigenvalue weighted by molar-refractivity contribution is 8.00. The van der Waals surface area contributed by atoms with E-state index in [-0.39, 0.29) is 23.1 Å². The quantitative estimate of drug-likeness (QED) is 0.618. The highest BCUT2D eigenvalue weighted by Crippen LogP contribution is 2.63. The van der Waals surface area contributed by atoms with Gasteiger partial charge in [-0.1, -0.05) is 32.0 Å². The number of amides is 2. The third-order valence-corrected chi connectivity index (χ3v) is 8.01. The molecule has 6 nitrogen and oxygen atoms in total. The number of carbonyl (C=O) groups is 2. The molecule has 2 fully saturated rings. The lowest BCUT2D eigenvalue weighted by Gasteiger charge is -2.56. The average molecular weight is 441 g/mol. The van der Waals surface area contributed by atoms with E-state index in [0.29, 0.717) is 25.4 Å². The van der Waals surface area contributed by atoms with Gasteiger partial charge in [0.05, 0.1) is 17.7 Å². The molecule has 7 heteroatoms. The summed E-state index contributed by atoms with van der Waals surface area (Å²) in [4.78, 5) is 35.9.